The third-order valence-corrected chi connectivity index (χ3v) is 4.77. The van der Waals surface area contributed by atoms with Gasteiger partial charge in [-0.15, -0.1) is 0 Å². The van der Waals surface area contributed by atoms with Crippen LogP contribution in [0.15, 0.2) is 48.5 Å². The number of methoxy groups -OCH3 is 2. The highest BCUT2D eigenvalue weighted by Gasteiger charge is 2.37. The second kappa shape index (κ2) is 10.3. The summed E-state index contributed by atoms with van der Waals surface area (Å²) in [6.07, 6.45) is -0.140. The van der Waals surface area contributed by atoms with Gasteiger partial charge < -0.3 is 19.5 Å². The Morgan fingerprint density at radius 1 is 1.00 bits per heavy atom. The quantitative estimate of drug-likeness (QED) is 0.593. The topological polar surface area (TPSA) is 123 Å². The lowest BCUT2D eigenvalue weighted by molar-refractivity contribution is -0.151. The predicted octanol–water partition coefficient (Wildman–Crippen LogP) is 1.38. The lowest BCUT2D eigenvalue weighted by Gasteiger charge is -2.18. The number of nitrogens with zero attached hydrogens (tertiary/aromatic N) is 1. The molecule has 3 rings (SSSR count). The number of esters is 1. The molecule has 1 atom stereocenters. The average molecular weight is 441 g/mol. The number of hydrazine groups is 1. The van der Waals surface area contributed by atoms with Crippen molar-refractivity contribution in [2.24, 2.45) is 5.92 Å². The summed E-state index contributed by atoms with van der Waals surface area (Å²) in [4.78, 5) is 49.2. The summed E-state index contributed by atoms with van der Waals surface area (Å²) < 4.78 is 15.3. The zero-order valence-electron chi connectivity index (χ0n) is 17.6. The van der Waals surface area contributed by atoms with E-state index in [1.807, 2.05) is 0 Å². The molecule has 0 saturated carbocycles. The summed E-state index contributed by atoms with van der Waals surface area (Å²) in [6, 6.07) is 13.4. The number of benzene rings is 2. The standard InChI is InChI=1S/C22H23N3O7/c1-30-17-9-5-3-7-15(17)21(28)24-25-12-14(11-20(25)27)22(29)32-13-19(26)23-16-8-4-6-10-18(16)31-2/h3-10,14H,11-13H2,1-2H3,(H,23,26)(H,24,28)/t14-/m0/s1. The molecule has 168 valence electrons. The number of hydrogen-bond donors (Lipinski definition) is 2. The van der Waals surface area contributed by atoms with E-state index in [0.29, 0.717) is 17.2 Å². The van der Waals surface area contributed by atoms with Crippen LogP contribution < -0.4 is 20.2 Å². The van der Waals surface area contributed by atoms with Gasteiger partial charge in [0.05, 0.1) is 37.9 Å². The highest BCUT2D eigenvalue weighted by atomic mass is 16.5. The second-order valence-electron chi connectivity index (χ2n) is 6.90. The van der Waals surface area contributed by atoms with Gasteiger partial charge in [0.1, 0.15) is 11.5 Å². The van der Waals surface area contributed by atoms with E-state index in [4.69, 9.17) is 14.2 Å². The third kappa shape index (κ3) is 5.34. The molecule has 0 unspecified atom stereocenters. The van der Waals surface area contributed by atoms with Gasteiger partial charge in [-0.2, -0.15) is 0 Å². The van der Waals surface area contributed by atoms with Crippen LogP contribution in [0, 0.1) is 5.92 Å². The molecule has 1 aliphatic heterocycles. The molecule has 0 radical (unpaired) electrons. The highest BCUT2D eigenvalue weighted by molar-refractivity contribution is 5.99. The van der Waals surface area contributed by atoms with Crippen molar-refractivity contribution in [2.45, 2.75) is 6.42 Å². The number of nitrogens with one attached hydrogen (secondary N) is 2. The molecule has 0 spiro atoms. The maximum absolute atomic E-state index is 12.5. The van der Waals surface area contributed by atoms with Gasteiger partial charge >= 0.3 is 5.97 Å². The number of carbonyl (C=O) groups excluding carboxylic acids is 4. The van der Waals surface area contributed by atoms with Gasteiger partial charge in [0.2, 0.25) is 5.91 Å². The van der Waals surface area contributed by atoms with E-state index in [9.17, 15) is 19.2 Å². The summed E-state index contributed by atoms with van der Waals surface area (Å²) >= 11 is 0. The van der Waals surface area contributed by atoms with Crippen molar-refractivity contribution in [3.63, 3.8) is 0 Å². The maximum atomic E-state index is 12.5. The van der Waals surface area contributed by atoms with Crippen LogP contribution in [0.3, 0.4) is 0 Å². The molecular formula is C22H23N3O7. The minimum atomic E-state index is -0.806. The molecule has 2 aromatic rings. The Morgan fingerprint density at radius 2 is 1.66 bits per heavy atom. The first-order chi connectivity index (χ1) is 15.4. The van der Waals surface area contributed by atoms with E-state index in [-0.39, 0.29) is 18.5 Å². The SMILES string of the molecule is COc1ccccc1NC(=O)COC(=O)[C@H]1CC(=O)N(NC(=O)c2ccccc2OC)C1. The molecule has 10 nitrogen and oxygen atoms in total. The van der Waals surface area contributed by atoms with Crippen molar-refractivity contribution < 1.29 is 33.4 Å². The number of hydrogen-bond acceptors (Lipinski definition) is 7. The number of rotatable bonds is 8. The van der Waals surface area contributed by atoms with E-state index < -0.39 is 36.2 Å². The second-order valence-corrected chi connectivity index (χ2v) is 6.90. The fourth-order valence-electron chi connectivity index (χ4n) is 3.18. The van der Waals surface area contributed by atoms with Gasteiger partial charge in [0, 0.05) is 6.42 Å². The van der Waals surface area contributed by atoms with Crippen LogP contribution in [0.5, 0.6) is 11.5 Å². The molecule has 10 heteroatoms. The molecule has 3 amide bonds. The first kappa shape index (κ1) is 22.6. The first-order valence-corrected chi connectivity index (χ1v) is 9.76. The maximum Gasteiger partial charge on any atom is 0.311 e. The fraction of sp³-hybridized carbons (Fsp3) is 0.273. The van der Waals surface area contributed by atoms with Crippen molar-refractivity contribution in [2.75, 3.05) is 32.7 Å². The molecular weight excluding hydrogens is 418 g/mol. The zero-order chi connectivity index (χ0) is 23.1. The Labute approximate surface area is 184 Å². The van der Waals surface area contributed by atoms with Crippen LogP contribution in [0.1, 0.15) is 16.8 Å². The van der Waals surface area contributed by atoms with Crippen LogP contribution in [0.4, 0.5) is 5.69 Å². The Bertz CT molecular complexity index is 1020. The van der Waals surface area contributed by atoms with Crippen LogP contribution in [0.25, 0.3) is 0 Å². The van der Waals surface area contributed by atoms with Crippen molar-refractivity contribution in [3.8, 4) is 11.5 Å². The van der Waals surface area contributed by atoms with E-state index in [2.05, 4.69) is 10.7 Å². The van der Waals surface area contributed by atoms with Crippen molar-refractivity contribution >= 4 is 29.4 Å². The number of carbonyl (C=O) groups is 4. The Kier molecular flexibility index (Phi) is 7.27. The average Bonchev–Trinajstić information content (AvgIpc) is 3.17. The lowest BCUT2D eigenvalue weighted by atomic mass is 10.1. The number of ether oxygens (including phenoxy) is 3. The molecule has 1 fully saturated rings. The van der Waals surface area contributed by atoms with Gasteiger partial charge in [0.15, 0.2) is 6.61 Å². The van der Waals surface area contributed by atoms with Gasteiger partial charge in [-0.05, 0) is 24.3 Å². The molecule has 2 N–H and O–H groups in total. The van der Waals surface area contributed by atoms with Crippen molar-refractivity contribution in [1.82, 2.24) is 10.4 Å². The Balaban J connectivity index is 1.51. The summed E-state index contributed by atoms with van der Waals surface area (Å²) in [5, 5.41) is 3.66. The fourth-order valence-corrected chi connectivity index (χ4v) is 3.18. The van der Waals surface area contributed by atoms with Crippen LogP contribution in [-0.2, 0) is 19.1 Å². The largest absolute Gasteiger partial charge is 0.496 e. The van der Waals surface area contributed by atoms with E-state index in [1.54, 1.807) is 48.5 Å². The van der Waals surface area contributed by atoms with Crippen LogP contribution in [0.2, 0.25) is 0 Å². The first-order valence-electron chi connectivity index (χ1n) is 9.76. The third-order valence-electron chi connectivity index (χ3n) is 4.77. The van der Waals surface area contributed by atoms with Gasteiger partial charge in [-0.25, -0.2) is 0 Å². The molecule has 0 aliphatic carbocycles. The summed E-state index contributed by atoms with van der Waals surface area (Å²) in [6.45, 7) is -0.582. The monoisotopic (exact) mass is 441 g/mol. The minimum Gasteiger partial charge on any atom is -0.496 e. The van der Waals surface area contributed by atoms with Gasteiger partial charge in [-0.1, -0.05) is 24.3 Å². The molecule has 32 heavy (non-hydrogen) atoms. The Morgan fingerprint density at radius 3 is 2.38 bits per heavy atom. The molecule has 0 bridgehead atoms. The lowest BCUT2D eigenvalue weighted by Crippen LogP contribution is -2.43. The predicted molar refractivity (Wildman–Crippen MR) is 113 cm³/mol. The normalized spacial score (nSPS) is 15.1. The molecule has 2 aromatic carbocycles. The number of amides is 3. The van der Waals surface area contributed by atoms with E-state index in [1.165, 1.54) is 14.2 Å². The van der Waals surface area contributed by atoms with Crippen LogP contribution in [-0.4, -0.2) is 56.1 Å². The van der Waals surface area contributed by atoms with Gasteiger partial charge in [0.25, 0.3) is 11.8 Å². The molecule has 1 aliphatic rings. The number of para-hydroxylation sites is 3. The van der Waals surface area contributed by atoms with Gasteiger partial charge in [-0.3, -0.25) is 29.6 Å². The summed E-state index contributed by atoms with van der Waals surface area (Å²) in [7, 11) is 2.91. The molecule has 0 aromatic heterocycles. The van der Waals surface area contributed by atoms with Crippen LogP contribution >= 0.6 is 0 Å². The van der Waals surface area contributed by atoms with Crippen molar-refractivity contribution in [3.05, 3.63) is 54.1 Å². The van der Waals surface area contributed by atoms with E-state index in [0.717, 1.165) is 5.01 Å². The summed E-state index contributed by atoms with van der Waals surface area (Å²) in [5.74, 6) is -2.21. The number of anilines is 1. The van der Waals surface area contributed by atoms with E-state index >= 15 is 0 Å². The van der Waals surface area contributed by atoms with Crippen molar-refractivity contribution in [1.29, 1.82) is 0 Å². The zero-order valence-corrected chi connectivity index (χ0v) is 17.6. The Hall–Kier alpha value is -4.08. The molecule has 1 saturated heterocycles. The smallest absolute Gasteiger partial charge is 0.311 e. The minimum absolute atomic E-state index is 0.0628. The highest BCUT2D eigenvalue weighted by Crippen LogP contribution is 2.23. The molecule has 1 heterocycles. The summed E-state index contributed by atoms with van der Waals surface area (Å²) in [5.41, 5.74) is 3.17.